The number of halogens is 1. The van der Waals surface area contributed by atoms with Crippen LogP contribution in [0, 0.1) is 0 Å². The van der Waals surface area contributed by atoms with Gasteiger partial charge in [-0.3, -0.25) is 4.90 Å². The van der Waals surface area contributed by atoms with Crippen LogP contribution in [0.5, 0.6) is 0 Å². The summed E-state index contributed by atoms with van der Waals surface area (Å²) in [5, 5.41) is 3.44. The number of anilines is 1. The predicted molar refractivity (Wildman–Crippen MR) is 74.5 cm³/mol. The molecule has 1 heterocycles. The highest BCUT2D eigenvalue weighted by Gasteiger charge is 2.17. The van der Waals surface area contributed by atoms with Crippen LogP contribution in [0.15, 0.2) is 28.7 Å². The molecule has 0 saturated carbocycles. The summed E-state index contributed by atoms with van der Waals surface area (Å²) in [6, 6.07) is 8.81. The van der Waals surface area contributed by atoms with Crippen LogP contribution in [0.2, 0.25) is 0 Å². The van der Waals surface area contributed by atoms with E-state index >= 15 is 0 Å². The van der Waals surface area contributed by atoms with E-state index in [9.17, 15) is 0 Å². The number of rotatable bonds is 4. The van der Waals surface area contributed by atoms with Crippen LogP contribution in [-0.2, 0) is 4.74 Å². The molecular weight excluding hydrogens is 280 g/mol. The van der Waals surface area contributed by atoms with Gasteiger partial charge in [0.25, 0.3) is 0 Å². The van der Waals surface area contributed by atoms with Crippen molar-refractivity contribution in [3.05, 3.63) is 28.7 Å². The third-order valence-electron chi connectivity index (χ3n) is 3.06. The SMILES string of the molecule is CC1COCCN1CCNc1cccc(Br)c1. The third-order valence-corrected chi connectivity index (χ3v) is 3.55. The summed E-state index contributed by atoms with van der Waals surface area (Å²) in [6.07, 6.45) is 0. The average molecular weight is 299 g/mol. The molecule has 3 nitrogen and oxygen atoms in total. The first-order valence-electron chi connectivity index (χ1n) is 6.07. The molecular formula is C13H19BrN2O. The summed E-state index contributed by atoms with van der Waals surface area (Å²) < 4.78 is 6.54. The van der Waals surface area contributed by atoms with E-state index in [-0.39, 0.29) is 0 Å². The Morgan fingerprint density at radius 3 is 3.18 bits per heavy atom. The zero-order valence-corrected chi connectivity index (χ0v) is 11.7. The number of morpholine rings is 1. The number of nitrogens with one attached hydrogen (secondary N) is 1. The smallest absolute Gasteiger partial charge is 0.0619 e. The average Bonchev–Trinajstić information content (AvgIpc) is 2.32. The topological polar surface area (TPSA) is 24.5 Å². The molecule has 1 atom stereocenters. The third kappa shape index (κ3) is 3.98. The maximum absolute atomic E-state index is 5.42. The van der Waals surface area contributed by atoms with Crippen molar-refractivity contribution in [1.82, 2.24) is 4.90 Å². The second kappa shape index (κ2) is 6.38. The van der Waals surface area contributed by atoms with Crippen LogP contribution >= 0.6 is 15.9 Å². The van der Waals surface area contributed by atoms with Gasteiger partial charge in [0.15, 0.2) is 0 Å². The lowest BCUT2D eigenvalue weighted by molar-refractivity contribution is 0.00181. The Morgan fingerprint density at radius 2 is 2.41 bits per heavy atom. The lowest BCUT2D eigenvalue weighted by Crippen LogP contribution is -2.45. The molecule has 4 heteroatoms. The van der Waals surface area contributed by atoms with Crippen molar-refractivity contribution in [2.24, 2.45) is 0 Å². The summed E-state index contributed by atoms with van der Waals surface area (Å²) >= 11 is 3.47. The van der Waals surface area contributed by atoms with Crippen LogP contribution in [0.4, 0.5) is 5.69 Å². The fraction of sp³-hybridized carbons (Fsp3) is 0.538. The quantitative estimate of drug-likeness (QED) is 0.925. The van der Waals surface area contributed by atoms with Crippen molar-refractivity contribution in [2.45, 2.75) is 13.0 Å². The van der Waals surface area contributed by atoms with Crippen LogP contribution in [-0.4, -0.2) is 43.8 Å². The molecule has 1 fully saturated rings. The zero-order chi connectivity index (χ0) is 12.1. The van der Waals surface area contributed by atoms with Gasteiger partial charge in [-0.2, -0.15) is 0 Å². The highest BCUT2D eigenvalue weighted by Crippen LogP contribution is 2.15. The van der Waals surface area contributed by atoms with Crippen molar-refractivity contribution in [3.8, 4) is 0 Å². The summed E-state index contributed by atoms with van der Waals surface area (Å²) in [6.45, 7) is 7.02. The second-order valence-corrected chi connectivity index (χ2v) is 5.31. The van der Waals surface area contributed by atoms with Gasteiger partial charge in [-0.1, -0.05) is 22.0 Å². The number of nitrogens with zero attached hydrogens (tertiary/aromatic N) is 1. The molecule has 1 N–H and O–H groups in total. The molecule has 0 spiro atoms. The number of hydrogen-bond acceptors (Lipinski definition) is 3. The molecule has 1 aromatic rings. The zero-order valence-electron chi connectivity index (χ0n) is 10.2. The van der Waals surface area contributed by atoms with Crippen molar-refractivity contribution in [1.29, 1.82) is 0 Å². The molecule has 0 radical (unpaired) electrons. The largest absolute Gasteiger partial charge is 0.384 e. The van der Waals surface area contributed by atoms with Gasteiger partial charge in [0, 0.05) is 35.8 Å². The van der Waals surface area contributed by atoms with Crippen LogP contribution < -0.4 is 5.32 Å². The molecule has 1 unspecified atom stereocenters. The highest BCUT2D eigenvalue weighted by atomic mass is 79.9. The van der Waals surface area contributed by atoms with Gasteiger partial charge in [0.1, 0.15) is 0 Å². The molecule has 2 rings (SSSR count). The van der Waals surface area contributed by atoms with Gasteiger partial charge in [0.2, 0.25) is 0 Å². The Labute approximate surface area is 111 Å². The summed E-state index contributed by atoms with van der Waals surface area (Å²) in [5.41, 5.74) is 1.17. The van der Waals surface area contributed by atoms with Gasteiger partial charge in [-0.05, 0) is 25.1 Å². The van der Waals surface area contributed by atoms with Gasteiger partial charge in [-0.25, -0.2) is 0 Å². The Bertz CT molecular complexity index is 359. The van der Waals surface area contributed by atoms with Gasteiger partial charge < -0.3 is 10.1 Å². The van der Waals surface area contributed by atoms with Crippen molar-refractivity contribution in [3.63, 3.8) is 0 Å². The van der Waals surface area contributed by atoms with E-state index in [1.165, 1.54) is 5.69 Å². The first-order valence-corrected chi connectivity index (χ1v) is 6.86. The monoisotopic (exact) mass is 298 g/mol. The van der Waals surface area contributed by atoms with Gasteiger partial charge >= 0.3 is 0 Å². The normalized spacial score (nSPS) is 21.4. The standard InChI is InChI=1S/C13H19BrN2O/c1-11-10-17-8-7-16(11)6-5-15-13-4-2-3-12(14)9-13/h2-4,9,11,15H,5-8,10H2,1H3. The van der Waals surface area contributed by atoms with Crippen molar-refractivity contribution >= 4 is 21.6 Å². The molecule has 0 aliphatic carbocycles. The van der Waals surface area contributed by atoms with E-state index in [0.29, 0.717) is 6.04 Å². The summed E-state index contributed by atoms with van der Waals surface area (Å²) in [4.78, 5) is 2.47. The Kier molecular flexibility index (Phi) is 4.83. The molecule has 0 bridgehead atoms. The number of hydrogen-bond donors (Lipinski definition) is 1. The lowest BCUT2D eigenvalue weighted by atomic mass is 10.2. The summed E-state index contributed by atoms with van der Waals surface area (Å²) in [5.74, 6) is 0. The van der Waals surface area contributed by atoms with E-state index in [4.69, 9.17) is 4.74 Å². The molecule has 94 valence electrons. The van der Waals surface area contributed by atoms with E-state index in [1.807, 2.05) is 12.1 Å². The number of ether oxygens (including phenoxy) is 1. The fourth-order valence-electron chi connectivity index (χ4n) is 2.04. The van der Waals surface area contributed by atoms with Crippen LogP contribution in [0.25, 0.3) is 0 Å². The van der Waals surface area contributed by atoms with Crippen molar-refractivity contribution in [2.75, 3.05) is 38.2 Å². The predicted octanol–water partition coefficient (Wildman–Crippen LogP) is 2.58. The van der Waals surface area contributed by atoms with E-state index in [1.54, 1.807) is 0 Å². The molecule has 0 aromatic heterocycles. The van der Waals surface area contributed by atoms with Gasteiger partial charge in [0.05, 0.1) is 13.2 Å². The first kappa shape index (κ1) is 12.9. The number of benzene rings is 1. The minimum Gasteiger partial charge on any atom is -0.384 e. The van der Waals surface area contributed by atoms with Crippen molar-refractivity contribution < 1.29 is 4.74 Å². The molecule has 0 amide bonds. The van der Waals surface area contributed by atoms with Gasteiger partial charge in [-0.15, -0.1) is 0 Å². The molecule has 1 aromatic carbocycles. The first-order chi connectivity index (χ1) is 8.25. The fourth-order valence-corrected chi connectivity index (χ4v) is 2.44. The second-order valence-electron chi connectivity index (χ2n) is 4.40. The Hall–Kier alpha value is -0.580. The maximum atomic E-state index is 5.42. The Morgan fingerprint density at radius 1 is 1.53 bits per heavy atom. The lowest BCUT2D eigenvalue weighted by Gasteiger charge is -2.33. The van der Waals surface area contributed by atoms with Crippen LogP contribution in [0.1, 0.15) is 6.92 Å². The Balaban J connectivity index is 1.75. The highest BCUT2D eigenvalue weighted by molar-refractivity contribution is 9.10. The molecule has 1 aliphatic rings. The summed E-state index contributed by atoms with van der Waals surface area (Å²) in [7, 11) is 0. The molecule has 17 heavy (non-hydrogen) atoms. The van der Waals surface area contributed by atoms with E-state index in [2.05, 4.69) is 45.2 Å². The minimum absolute atomic E-state index is 0.535. The minimum atomic E-state index is 0.535. The van der Waals surface area contributed by atoms with Crippen LogP contribution in [0.3, 0.4) is 0 Å². The van der Waals surface area contributed by atoms with E-state index in [0.717, 1.165) is 37.3 Å². The maximum Gasteiger partial charge on any atom is 0.0619 e. The van der Waals surface area contributed by atoms with E-state index < -0.39 is 0 Å². The molecule has 1 saturated heterocycles. The molecule has 1 aliphatic heterocycles.